The lowest BCUT2D eigenvalue weighted by Crippen LogP contribution is -2.44. The molecule has 0 N–H and O–H groups in total. The quantitative estimate of drug-likeness (QED) is 0.728. The van der Waals surface area contributed by atoms with Gasteiger partial charge in [0.1, 0.15) is 17.9 Å². The minimum Gasteiger partial charge on any atom is -0.378 e. The fraction of sp³-hybridized carbons (Fsp3) is 0.588. The first kappa shape index (κ1) is 16.9. The molecule has 9 nitrogen and oxygen atoms in total. The molecule has 4 rings (SSSR count). The van der Waals surface area contributed by atoms with Crippen LogP contribution < -0.4 is 4.90 Å². The van der Waals surface area contributed by atoms with Gasteiger partial charge in [0, 0.05) is 45.1 Å². The van der Waals surface area contributed by atoms with E-state index in [0.29, 0.717) is 44.9 Å². The topological polar surface area (TPSA) is 91.2 Å². The summed E-state index contributed by atoms with van der Waals surface area (Å²) in [5.41, 5.74) is 2.45. The van der Waals surface area contributed by atoms with Crippen LogP contribution in [0.25, 0.3) is 0 Å². The minimum absolute atomic E-state index is 0.0616. The molecule has 138 valence electrons. The lowest BCUT2D eigenvalue weighted by Gasteiger charge is -2.34. The normalized spacial score (nSPS) is 20.7. The van der Waals surface area contributed by atoms with Gasteiger partial charge in [-0.15, -0.1) is 0 Å². The second kappa shape index (κ2) is 6.99. The predicted octanol–water partition coefficient (Wildman–Crippen LogP) is -0.194. The number of hydrazone groups is 1. The van der Waals surface area contributed by atoms with Crippen LogP contribution in [0.1, 0.15) is 24.1 Å². The van der Waals surface area contributed by atoms with Crippen molar-refractivity contribution in [2.24, 2.45) is 5.10 Å². The molecule has 3 aliphatic heterocycles. The summed E-state index contributed by atoms with van der Waals surface area (Å²) in [6.45, 7) is 4.11. The summed E-state index contributed by atoms with van der Waals surface area (Å²) in [5.74, 6) is 0.792. The SMILES string of the molecule is CN1N=C(C(=O)N2CCc3c(ncnc3N3CCOCC3)C2)CCC1=O. The summed E-state index contributed by atoms with van der Waals surface area (Å²) in [5, 5.41) is 5.40. The van der Waals surface area contributed by atoms with Crippen molar-refractivity contribution in [1.82, 2.24) is 19.9 Å². The van der Waals surface area contributed by atoms with Crippen molar-refractivity contribution < 1.29 is 14.3 Å². The first-order valence-corrected chi connectivity index (χ1v) is 8.92. The van der Waals surface area contributed by atoms with Crippen LogP contribution in [-0.2, 0) is 27.3 Å². The number of aromatic nitrogens is 2. The Morgan fingerprint density at radius 2 is 1.92 bits per heavy atom. The van der Waals surface area contributed by atoms with E-state index in [1.54, 1.807) is 18.3 Å². The molecule has 1 saturated heterocycles. The van der Waals surface area contributed by atoms with Crippen molar-refractivity contribution in [3.05, 3.63) is 17.6 Å². The first-order chi connectivity index (χ1) is 12.6. The van der Waals surface area contributed by atoms with Gasteiger partial charge in [0.25, 0.3) is 5.91 Å². The van der Waals surface area contributed by atoms with E-state index in [9.17, 15) is 9.59 Å². The maximum atomic E-state index is 12.8. The highest BCUT2D eigenvalue weighted by atomic mass is 16.5. The van der Waals surface area contributed by atoms with Crippen molar-refractivity contribution in [2.45, 2.75) is 25.8 Å². The van der Waals surface area contributed by atoms with Crippen molar-refractivity contribution in [3.63, 3.8) is 0 Å². The monoisotopic (exact) mass is 358 g/mol. The van der Waals surface area contributed by atoms with E-state index in [2.05, 4.69) is 20.0 Å². The molecule has 0 spiro atoms. The van der Waals surface area contributed by atoms with Crippen molar-refractivity contribution in [3.8, 4) is 0 Å². The molecular formula is C17H22N6O3. The number of nitrogens with zero attached hydrogens (tertiary/aromatic N) is 6. The molecule has 0 saturated carbocycles. The number of amides is 2. The van der Waals surface area contributed by atoms with Crippen LogP contribution >= 0.6 is 0 Å². The molecular weight excluding hydrogens is 336 g/mol. The molecule has 1 fully saturated rings. The second-order valence-electron chi connectivity index (χ2n) is 6.66. The average molecular weight is 358 g/mol. The van der Waals surface area contributed by atoms with E-state index in [1.807, 2.05) is 0 Å². The number of anilines is 1. The highest BCUT2D eigenvalue weighted by molar-refractivity contribution is 6.39. The molecule has 1 aromatic heterocycles. The van der Waals surface area contributed by atoms with E-state index in [1.165, 1.54) is 5.01 Å². The number of rotatable bonds is 2. The molecule has 3 aliphatic rings. The lowest BCUT2D eigenvalue weighted by molar-refractivity contribution is -0.130. The molecule has 0 atom stereocenters. The minimum atomic E-state index is -0.110. The first-order valence-electron chi connectivity index (χ1n) is 8.92. The summed E-state index contributed by atoms with van der Waals surface area (Å²) in [6.07, 6.45) is 3.02. The maximum absolute atomic E-state index is 12.8. The molecule has 0 unspecified atom stereocenters. The lowest BCUT2D eigenvalue weighted by atomic mass is 10.0. The van der Waals surface area contributed by atoms with Gasteiger partial charge in [-0.3, -0.25) is 9.59 Å². The number of morpholine rings is 1. The third-order valence-corrected chi connectivity index (χ3v) is 5.04. The Morgan fingerprint density at radius 1 is 1.12 bits per heavy atom. The van der Waals surface area contributed by atoms with Gasteiger partial charge < -0.3 is 14.5 Å². The molecule has 0 aliphatic carbocycles. The zero-order valence-electron chi connectivity index (χ0n) is 14.8. The predicted molar refractivity (Wildman–Crippen MR) is 93.6 cm³/mol. The molecule has 9 heteroatoms. The summed E-state index contributed by atoms with van der Waals surface area (Å²) < 4.78 is 5.42. The zero-order chi connectivity index (χ0) is 18.1. The van der Waals surface area contributed by atoms with Gasteiger partial charge in [-0.2, -0.15) is 5.10 Å². The summed E-state index contributed by atoms with van der Waals surface area (Å²) in [4.78, 5) is 37.2. The van der Waals surface area contributed by atoms with Gasteiger partial charge in [0.05, 0.1) is 25.5 Å². The van der Waals surface area contributed by atoms with Crippen LogP contribution in [0, 0.1) is 0 Å². The van der Waals surface area contributed by atoms with E-state index >= 15 is 0 Å². The Morgan fingerprint density at radius 3 is 2.69 bits per heavy atom. The largest absolute Gasteiger partial charge is 0.378 e. The Balaban J connectivity index is 1.52. The summed E-state index contributed by atoms with van der Waals surface area (Å²) in [6, 6.07) is 0. The third-order valence-electron chi connectivity index (χ3n) is 5.04. The van der Waals surface area contributed by atoms with Crippen LogP contribution in [0.5, 0.6) is 0 Å². The van der Waals surface area contributed by atoms with E-state index < -0.39 is 0 Å². The smallest absolute Gasteiger partial charge is 0.270 e. The number of hydrogen-bond donors (Lipinski definition) is 0. The summed E-state index contributed by atoms with van der Waals surface area (Å²) >= 11 is 0. The van der Waals surface area contributed by atoms with Crippen LogP contribution in [0.4, 0.5) is 5.82 Å². The van der Waals surface area contributed by atoms with Crippen molar-refractivity contribution in [1.29, 1.82) is 0 Å². The number of ether oxygens (including phenoxy) is 1. The second-order valence-corrected chi connectivity index (χ2v) is 6.66. The highest BCUT2D eigenvalue weighted by Gasteiger charge is 2.30. The molecule has 2 amide bonds. The number of carbonyl (C=O) groups is 2. The van der Waals surface area contributed by atoms with Crippen LogP contribution in [0.15, 0.2) is 11.4 Å². The molecule has 0 bridgehead atoms. The van der Waals surface area contributed by atoms with Gasteiger partial charge in [-0.05, 0) is 6.42 Å². The molecule has 0 aromatic carbocycles. The highest BCUT2D eigenvalue weighted by Crippen LogP contribution is 2.26. The summed E-state index contributed by atoms with van der Waals surface area (Å²) in [7, 11) is 1.59. The Bertz CT molecular complexity index is 759. The Kier molecular flexibility index (Phi) is 4.54. The number of hydrogen-bond acceptors (Lipinski definition) is 7. The third kappa shape index (κ3) is 3.14. The van der Waals surface area contributed by atoms with E-state index in [-0.39, 0.29) is 11.8 Å². The fourth-order valence-corrected chi connectivity index (χ4v) is 3.56. The molecule has 4 heterocycles. The van der Waals surface area contributed by atoms with Crippen LogP contribution in [0.3, 0.4) is 0 Å². The van der Waals surface area contributed by atoms with E-state index in [4.69, 9.17) is 4.74 Å². The van der Waals surface area contributed by atoms with Crippen molar-refractivity contribution >= 4 is 23.3 Å². The van der Waals surface area contributed by atoms with E-state index in [0.717, 1.165) is 36.6 Å². The maximum Gasteiger partial charge on any atom is 0.270 e. The zero-order valence-corrected chi connectivity index (χ0v) is 14.8. The van der Waals surface area contributed by atoms with Gasteiger partial charge in [-0.1, -0.05) is 0 Å². The Labute approximate surface area is 151 Å². The number of fused-ring (bicyclic) bond motifs is 1. The average Bonchev–Trinajstić information content (AvgIpc) is 2.69. The van der Waals surface area contributed by atoms with Gasteiger partial charge in [-0.25, -0.2) is 15.0 Å². The standard InChI is InChI=1S/C17H22N6O3/c1-21-15(24)3-2-13(20-21)17(25)23-5-4-12-14(10-23)18-11-19-16(12)22-6-8-26-9-7-22/h11H,2-10H2,1H3. The van der Waals surface area contributed by atoms with Gasteiger partial charge in [0.2, 0.25) is 5.91 Å². The Hall–Kier alpha value is -2.55. The molecule has 26 heavy (non-hydrogen) atoms. The number of carbonyl (C=O) groups excluding carboxylic acids is 2. The molecule has 0 radical (unpaired) electrons. The van der Waals surface area contributed by atoms with Crippen LogP contribution in [0.2, 0.25) is 0 Å². The van der Waals surface area contributed by atoms with Gasteiger partial charge >= 0.3 is 0 Å². The van der Waals surface area contributed by atoms with Crippen LogP contribution in [-0.4, -0.2) is 77.3 Å². The van der Waals surface area contributed by atoms with Gasteiger partial charge in [0.15, 0.2) is 0 Å². The fourth-order valence-electron chi connectivity index (χ4n) is 3.56. The molecule has 1 aromatic rings. The van der Waals surface area contributed by atoms with Crippen molar-refractivity contribution in [2.75, 3.05) is 44.8 Å².